The largest absolute Gasteiger partial charge is 0.0622 e. The van der Waals surface area contributed by atoms with Gasteiger partial charge in [-0.05, 0) is 36.5 Å². The van der Waals surface area contributed by atoms with Crippen molar-refractivity contribution in [2.45, 2.75) is 39.5 Å². The van der Waals surface area contributed by atoms with E-state index in [1.54, 1.807) is 6.42 Å². The van der Waals surface area contributed by atoms with E-state index in [1.807, 2.05) is 0 Å². The summed E-state index contributed by atoms with van der Waals surface area (Å²) in [4.78, 5) is 0. The fourth-order valence-corrected chi connectivity index (χ4v) is 3.16. The molecule has 58 valence electrons. The third-order valence-corrected chi connectivity index (χ3v) is 3.97. The summed E-state index contributed by atoms with van der Waals surface area (Å²) in [5.41, 5.74) is 0. The van der Waals surface area contributed by atoms with E-state index in [9.17, 15) is 0 Å². The molecule has 0 heteroatoms. The van der Waals surface area contributed by atoms with Crippen molar-refractivity contribution in [2.75, 3.05) is 0 Å². The maximum Gasteiger partial charge on any atom is -0.0357 e. The highest BCUT2D eigenvalue weighted by Gasteiger charge is 2.40. The first-order valence-electron chi connectivity index (χ1n) is 4.79. The van der Waals surface area contributed by atoms with Crippen LogP contribution in [0.1, 0.15) is 39.5 Å². The van der Waals surface area contributed by atoms with Gasteiger partial charge < -0.3 is 0 Å². The number of fused-ring (bicyclic) bond motifs is 1. The molecular weight excluding hydrogens is 120 g/mol. The molecule has 0 bridgehead atoms. The highest BCUT2D eigenvalue weighted by Crippen LogP contribution is 2.49. The van der Waals surface area contributed by atoms with Crippen LogP contribution in [0.5, 0.6) is 0 Å². The minimum Gasteiger partial charge on any atom is -0.0622 e. The second-order valence-corrected chi connectivity index (χ2v) is 4.43. The SMILES string of the molecule is CC1CC2CCCC2C1C. The summed E-state index contributed by atoms with van der Waals surface area (Å²) in [5.74, 6) is 4.31. The zero-order valence-electron chi connectivity index (χ0n) is 7.14. The predicted molar refractivity (Wildman–Crippen MR) is 43.8 cm³/mol. The molecule has 4 unspecified atom stereocenters. The number of hydrogen-bond acceptors (Lipinski definition) is 0. The molecule has 4 atom stereocenters. The molecule has 2 saturated carbocycles. The van der Waals surface area contributed by atoms with Gasteiger partial charge in [0.15, 0.2) is 0 Å². The van der Waals surface area contributed by atoms with Crippen LogP contribution >= 0.6 is 0 Å². The molecule has 0 saturated heterocycles. The van der Waals surface area contributed by atoms with Crippen LogP contribution in [0.3, 0.4) is 0 Å². The summed E-state index contributed by atoms with van der Waals surface area (Å²) >= 11 is 0. The van der Waals surface area contributed by atoms with E-state index >= 15 is 0 Å². The fourth-order valence-electron chi connectivity index (χ4n) is 3.16. The molecule has 0 aromatic rings. The maximum atomic E-state index is 2.46. The molecule has 2 fully saturated rings. The Morgan fingerprint density at radius 2 is 1.90 bits per heavy atom. The lowest BCUT2D eigenvalue weighted by Crippen LogP contribution is -2.08. The highest BCUT2D eigenvalue weighted by molar-refractivity contribution is 4.90. The second-order valence-electron chi connectivity index (χ2n) is 4.43. The third kappa shape index (κ3) is 0.810. The van der Waals surface area contributed by atoms with Crippen LogP contribution in [0.25, 0.3) is 0 Å². The Hall–Kier alpha value is 0. The van der Waals surface area contributed by atoms with Crippen LogP contribution < -0.4 is 0 Å². The molecule has 0 radical (unpaired) electrons. The van der Waals surface area contributed by atoms with Gasteiger partial charge >= 0.3 is 0 Å². The van der Waals surface area contributed by atoms with E-state index in [-0.39, 0.29) is 0 Å². The van der Waals surface area contributed by atoms with Gasteiger partial charge in [0, 0.05) is 0 Å². The molecule has 2 aliphatic carbocycles. The summed E-state index contributed by atoms with van der Waals surface area (Å²) in [6.45, 7) is 4.89. The average molecular weight is 138 g/mol. The molecule has 0 spiro atoms. The van der Waals surface area contributed by atoms with E-state index < -0.39 is 0 Å². The molecule has 10 heavy (non-hydrogen) atoms. The van der Waals surface area contributed by atoms with Crippen LogP contribution in [-0.4, -0.2) is 0 Å². The van der Waals surface area contributed by atoms with Crippen LogP contribution in [0.4, 0.5) is 0 Å². The van der Waals surface area contributed by atoms with Gasteiger partial charge in [-0.3, -0.25) is 0 Å². The Labute approximate surface area is 64.0 Å². The lowest BCUT2D eigenvalue weighted by Gasteiger charge is -2.15. The molecule has 0 aromatic heterocycles. The standard InChI is InChI=1S/C10H18/c1-7-6-9-4-3-5-10(9)8(7)2/h7-10H,3-6H2,1-2H3. The van der Waals surface area contributed by atoms with Crippen molar-refractivity contribution in [3.8, 4) is 0 Å². The lowest BCUT2D eigenvalue weighted by molar-refractivity contribution is 0.342. The number of hydrogen-bond donors (Lipinski definition) is 0. The number of rotatable bonds is 0. The van der Waals surface area contributed by atoms with Gasteiger partial charge in [-0.2, -0.15) is 0 Å². The topological polar surface area (TPSA) is 0 Å². The van der Waals surface area contributed by atoms with Crippen LogP contribution in [0, 0.1) is 23.7 Å². The Morgan fingerprint density at radius 3 is 2.60 bits per heavy atom. The maximum absolute atomic E-state index is 2.46. The molecule has 0 aromatic carbocycles. The quantitative estimate of drug-likeness (QED) is 0.482. The Morgan fingerprint density at radius 1 is 1.10 bits per heavy atom. The molecule has 2 rings (SSSR count). The molecule has 0 aliphatic heterocycles. The van der Waals surface area contributed by atoms with Gasteiger partial charge in [-0.15, -0.1) is 0 Å². The summed E-state index contributed by atoms with van der Waals surface area (Å²) in [7, 11) is 0. The van der Waals surface area contributed by atoms with Crippen molar-refractivity contribution in [1.82, 2.24) is 0 Å². The van der Waals surface area contributed by atoms with Crippen molar-refractivity contribution in [1.29, 1.82) is 0 Å². The molecule has 0 heterocycles. The summed E-state index contributed by atoms with van der Waals surface area (Å²) in [6, 6.07) is 0. The van der Waals surface area contributed by atoms with Gasteiger partial charge in [-0.1, -0.05) is 26.7 Å². The normalized spacial score (nSPS) is 53.4. The van der Waals surface area contributed by atoms with Crippen molar-refractivity contribution < 1.29 is 0 Å². The zero-order valence-corrected chi connectivity index (χ0v) is 7.14. The smallest absolute Gasteiger partial charge is 0.0357 e. The van der Waals surface area contributed by atoms with Gasteiger partial charge in [0.25, 0.3) is 0 Å². The highest BCUT2D eigenvalue weighted by atomic mass is 14.5. The van der Waals surface area contributed by atoms with E-state index in [4.69, 9.17) is 0 Å². The molecule has 0 amide bonds. The van der Waals surface area contributed by atoms with E-state index in [0.717, 1.165) is 23.7 Å². The third-order valence-electron chi connectivity index (χ3n) is 3.97. The van der Waals surface area contributed by atoms with Crippen molar-refractivity contribution in [3.05, 3.63) is 0 Å². The van der Waals surface area contributed by atoms with Gasteiger partial charge in [0.2, 0.25) is 0 Å². The minimum absolute atomic E-state index is 1.02. The summed E-state index contributed by atoms with van der Waals surface area (Å²) in [5, 5.41) is 0. The Kier molecular flexibility index (Phi) is 1.51. The van der Waals surface area contributed by atoms with Crippen LogP contribution in [0.15, 0.2) is 0 Å². The monoisotopic (exact) mass is 138 g/mol. The average Bonchev–Trinajstić information content (AvgIpc) is 2.41. The van der Waals surface area contributed by atoms with Crippen LogP contribution in [-0.2, 0) is 0 Å². The van der Waals surface area contributed by atoms with Crippen molar-refractivity contribution >= 4 is 0 Å². The Bertz CT molecular complexity index is 126. The van der Waals surface area contributed by atoms with Crippen LogP contribution in [0.2, 0.25) is 0 Å². The lowest BCUT2D eigenvalue weighted by atomic mass is 9.91. The van der Waals surface area contributed by atoms with E-state index in [1.165, 1.54) is 19.3 Å². The first kappa shape index (κ1) is 6.69. The second kappa shape index (κ2) is 2.25. The van der Waals surface area contributed by atoms with Crippen molar-refractivity contribution in [2.24, 2.45) is 23.7 Å². The van der Waals surface area contributed by atoms with Crippen molar-refractivity contribution in [3.63, 3.8) is 0 Å². The van der Waals surface area contributed by atoms with Gasteiger partial charge in [0.05, 0.1) is 0 Å². The molecular formula is C10H18. The minimum atomic E-state index is 1.02. The van der Waals surface area contributed by atoms with Gasteiger partial charge in [0.1, 0.15) is 0 Å². The molecule has 0 nitrogen and oxygen atoms in total. The van der Waals surface area contributed by atoms with Gasteiger partial charge in [-0.25, -0.2) is 0 Å². The molecule has 2 aliphatic rings. The Balaban J connectivity index is 2.09. The zero-order chi connectivity index (χ0) is 7.14. The van der Waals surface area contributed by atoms with E-state index in [0.29, 0.717) is 0 Å². The fraction of sp³-hybridized carbons (Fsp3) is 1.00. The first-order valence-corrected chi connectivity index (χ1v) is 4.79. The first-order chi connectivity index (χ1) is 4.79. The van der Waals surface area contributed by atoms with E-state index in [2.05, 4.69) is 13.8 Å². The summed E-state index contributed by atoms with van der Waals surface area (Å²) < 4.78 is 0. The summed E-state index contributed by atoms with van der Waals surface area (Å²) in [6.07, 6.45) is 6.13. The molecule has 0 N–H and O–H groups in total. The predicted octanol–water partition coefficient (Wildman–Crippen LogP) is 3.08.